The number of fused-ring (bicyclic) bond motifs is 3. The largest absolute Gasteiger partial charge is 0.503 e. The van der Waals surface area contributed by atoms with Crippen LogP contribution in [0.4, 0.5) is 0 Å². The van der Waals surface area contributed by atoms with Gasteiger partial charge in [-0.1, -0.05) is 35.6 Å². The number of morpholine rings is 1. The lowest BCUT2D eigenvalue weighted by Gasteiger charge is -2.30. The molecule has 4 heterocycles. The number of ether oxygens (including phenoxy) is 2. The van der Waals surface area contributed by atoms with Crippen molar-refractivity contribution in [2.24, 2.45) is 0 Å². The number of para-hydroxylation sites is 2. The SMILES string of the molecule is CCOc1cccc(C2C(C(=O)c3sc4nc5ccccc5n4c3C)=C(O)C(=O)N2CCCN2CCOCC2)c1. The Balaban J connectivity index is 1.37. The van der Waals surface area contributed by atoms with Gasteiger partial charge < -0.3 is 19.5 Å². The predicted octanol–water partition coefficient (Wildman–Crippen LogP) is 4.56. The third-order valence-electron chi connectivity index (χ3n) is 7.60. The van der Waals surface area contributed by atoms with Crippen molar-refractivity contribution in [1.82, 2.24) is 19.2 Å². The molecule has 4 aromatic rings. The van der Waals surface area contributed by atoms with Crippen molar-refractivity contribution in [3.05, 3.63) is 76.0 Å². The van der Waals surface area contributed by atoms with Gasteiger partial charge in [0.15, 0.2) is 10.7 Å². The molecule has 2 aliphatic rings. The van der Waals surface area contributed by atoms with E-state index in [1.807, 2.05) is 66.8 Å². The summed E-state index contributed by atoms with van der Waals surface area (Å²) in [5.74, 6) is -0.721. The summed E-state index contributed by atoms with van der Waals surface area (Å²) in [6, 6.07) is 14.5. The summed E-state index contributed by atoms with van der Waals surface area (Å²) in [7, 11) is 0. The predicted molar refractivity (Wildman–Crippen MR) is 153 cm³/mol. The molecule has 2 aliphatic heterocycles. The van der Waals surface area contributed by atoms with Gasteiger partial charge in [0.1, 0.15) is 5.75 Å². The number of imidazole rings is 1. The van der Waals surface area contributed by atoms with Gasteiger partial charge in [0.2, 0.25) is 5.78 Å². The number of Topliss-reactive ketones (excluding diaryl/α,β-unsaturated/α-hetero) is 1. The Labute approximate surface area is 236 Å². The van der Waals surface area contributed by atoms with Crippen molar-refractivity contribution >= 4 is 39.0 Å². The van der Waals surface area contributed by atoms with Crippen molar-refractivity contribution in [2.75, 3.05) is 46.0 Å². The maximum atomic E-state index is 14.2. The number of thiazole rings is 1. The zero-order valence-electron chi connectivity index (χ0n) is 22.6. The van der Waals surface area contributed by atoms with Crippen LogP contribution >= 0.6 is 11.3 Å². The molecule has 0 saturated carbocycles. The molecule has 0 bridgehead atoms. The number of carbonyl (C=O) groups is 2. The Morgan fingerprint density at radius 1 is 1.15 bits per heavy atom. The molecule has 1 amide bonds. The summed E-state index contributed by atoms with van der Waals surface area (Å²) < 4.78 is 13.1. The smallest absolute Gasteiger partial charge is 0.290 e. The quantitative estimate of drug-likeness (QED) is 0.300. The number of aliphatic hydroxyl groups excluding tert-OH is 1. The van der Waals surface area contributed by atoms with E-state index >= 15 is 0 Å². The summed E-state index contributed by atoms with van der Waals surface area (Å²) in [5.41, 5.74) is 3.33. The van der Waals surface area contributed by atoms with Gasteiger partial charge in [-0.2, -0.15) is 0 Å². The van der Waals surface area contributed by atoms with Gasteiger partial charge in [0.05, 0.1) is 47.3 Å². The molecule has 1 fully saturated rings. The molecular weight excluding hydrogens is 528 g/mol. The van der Waals surface area contributed by atoms with Gasteiger partial charge in [-0.3, -0.25) is 18.9 Å². The first-order valence-electron chi connectivity index (χ1n) is 13.7. The second-order valence-corrected chi connectivity index (χ2v) is 11.0. The van der Waals surface area contributed by atoms with Crippen LogP contribution in [0, 0.1) is 6.92 Å². The van der Waals surface area contributed by atoms with E-state index in [-0.39, 0.29) is 11.4 Å². The maximum absolute atomic E-state index is 14.2. The van der Waals surface area contributed by atoms with Crippen molar-refractivity contribution in [1.29, 1.82) is 0 Å². The molecule has 0 radical (unpaired) electrons. The van der Waals surface area contributed by atoms with Crippen molar-refractivity contribution in [3.63, 3.8) is 0 Å². The lowest BCUT2D eigenvalue weighted by Crippen LogP contribution is -2.39. The fourth-order valence-corrected chi connectivity index (χ4v) is 6.78. The molecule has 40 heavy (non-hydrogen) atoms. The van der Waals surface area contributed by atoms with Gasteiger partial charge in [-0.15, -0.1) is 0 Å². The Morgan fingerprint density at radius 2 is 1.95 bits per heavy atom. The van der Waals surface area contributed by atoms with Gasteiger partial charge in [0.25, 0.3) is 5.91 Å². The fourth-order valence-electron chi connectivity index (χ4n) is 5.69. The topological polar surface area (TPSA) is 96.6 Å². The van der Waals surface area contributed by atoms with Gasteiger partial charge >= 0.3 is 0 Å². The number of aryl methyl sites for hydroxylation is 1. The summed E-state index contributed by atoms with van der Waals surface area (Å²) in [5, 5.41) is 11.2. The molecule has 10 heteroatoms. The number of nitrogens with zero attached hydrogens (tertiary/aromatic N) is 4. The monoisotopic (exact) mass is 560 g/mol. The molecular formula is C30H32N4O5S. The normalized spacial score (nSPS) is 18.4. The first-order valence-corrected chi connectivity index (χ1v) is 14.5. The van der Waals surface area contributed by atoms with Gasteiger partial charge in [-0.25, -0.2) is 4.98 Å². The summed E-state index contributed by atoms with van der Waals surface area (Å²) in [6.45, 7) is 8.60. The average molecular weight is 561 g/mol. The molecule has 6 rings (SSSR count). The number of benzene rings is 2. The van der Waals surface area contributed by atoms with Crippen LogP contribution in [-0.4, -0.2) is 82.0 Å². The molecule has 0 spiro atoms. The lowest BCUT2D eigenvalue weighted by atomic mass is 9.94. The molecule has 1 N–H and O–H groups in total. The highest BCUT2D eigenvalue weighted by molar-refractivity contribution is 7.19. The van der Waals surface area contributed by atoms with E-state index in [0.29, 0.717) is 48.4 Å². The van der Waals surface area contributed by atoms with E-state index in [2.05, 4.69) is 4.90 Å². The van der Waals surface area contributed by atoms with Crippen LogP contribution in [0.25, 0.3) is 16.0 Å². The molecule has 2 aromatic heterocycles. The summed E-state index contributed by atoms with van der Waals surface area (Å²) in [4.78, 5) is 37.5. The summed E-state index contributed by atoms with van der Waals surface area (Å²) >= 11 is 1.28. The zero-order chi connectivity index (χ0) is 27.8. The van der Waals surface area contributed by atoms with Crippen LogP contribution in [0.1, 0.15) is 40.3 Å². The van der Waals surface area contributed by atoms with Crippen LogP contribution in [-0.2, 0) is 9.53 Å². The highest BCUT2D eigenvalue weighted by Crippen LogP contribution is 2.41. The van der Waals surface area contributed by atoms with Gasteiger partial charge in [0, 0.05) is 31.9 Å². The second-order valence-electron chi connectivity index (χ2n) is 10.0. The second kappa shape index (κ2) is 11.0. The van der Waals surface area contributed by atoms with Gasteiger partial charge in [-0.05, 0) is 50.1 Å². The third-order valence-corrected chi connectivity index (χ3v) is 8.75. The highest BCUT2D eigenvalue weighted by atomic mass is 32.1. The number of aliphatic hydroxyl groups is 1. The van der Waals surface area contributed by atoms with Crippen LogP contribution in [0.5, 0.6) is 5.75 Å². The van der Waals surface area contributed by atoms with Crippen LogP contribution in [0.2, 0.25) is 0 Å². The van der Waals surface area contributed by atoms with Crippen molar-refractivity contribution < 1.29 is 24.2 Å². The molecule has 208 valence electrons. The van der Waals surface area contributed by atoms with E-state index in [9.17, 15) is 14.7 Å². The Morgan fingerprint density at radius 3 is 2.75 bits per heavy atom. The third kappa shape index (κ3) is 4.66. The van der Waals surface area contributed by atoms with Crippen LogP contribution in [0.3, 0.4) is 0 Å². The Bertz CT molecular complexity index is 1620. The molecule has 1 unspecified atom stereocenters. The Hall–Kier alpha value is -3.73. The molecule has 0 aliphatic carbocycles. The van der Waals surface area contributed by atoms with Crippen LogP contribution < -0.4 is 4.74 Å². The minimum absolute atomic E-state index is 0.0990. The minimum atomic E-state index is -0.726. The van der Waals surface area contributed by atoms with Crippen molar-refractivity contribution in [2.45, 2.75) is 26.3 Å². The molecule has 1 atom stereocenters. The number of aromatic nitrogens is 2. The number of rotatable bonds is 9. The minimum Gasteiger partial charge on any atom is -0.503 e. The van der Waals surface area contributed by atoms with E-state index in [1.165, 1.54) is 11.3 Å². The molecule has 1 saturated heterocycles. The summed E-state index contributed by atoms with van der Waals surface area (Å²) in [6.07, 6.45) is 0.708. The fraction of sp³-hybridized carbons (Fsp3) is 0.367. The zero-order valence-corrected chi connectivity index (χ0v) is 23.4. The molecule has 9 nitrogen and oxygen atoms in total. The van der Waals surface area contributed by atoms with E-state index in [1.54, 1.807) is 4.90 Å². The number of carbonyl (C=O) groups excluding carboxylic acids is 2. The maximum Gasteiger partial charge on any atom is 0.290 e. The Kier molecular flexibility index (Phi) is 7.31. The van der Waals surface area contributed by atoms with E-state index in [4.69, 9.17) is 14.5 Å². The highest BCUT2D eigenvalue weighted by Gasteiger charge is 2.44. The number of amides is 1. The van der Waals surface area contributed by atoms with E-state index in [0.717, 1.165) is 41.9 Å². The number of hydrogen-bond donors (Lipinski definition) is 1. The molecule has 2 aromatic carbocycles. The standard InChI is InChI=1S/C30H32N4O5S/c1-3-39-21-9-6-8-20(18-21)25-24(27(36)29(37)33(25)13-7-12-32-14-16-38-17-15-32)26(35)28-19(2)34-23-11-5-4-10-22(23)31-30(34)40-28/h4-6,8-11,18,25,36H,3,7,12-17H2,1-2H3. The number of hydrogen-bond acceptors (Lipinski definition) is 8. The lowest BCUT2D eigenvalue weighted by molar-refractivity contribution is -0.129. The van der Waals surface area contributed by atoms with E-state index < -0.39 is 17.7 Å². The first kappa shape index (κ1) is 26.5. The number of ketones is 1. The average Bonchev–Trinajstić information content (AvgIpc) is 3.58. The first-order chi connectivity index (χ1) is 19.5. The van der Waals surface area contributed by atoms with Crippen molar-refractivity contribution in [3.8, 4) is 5.75 Å². The van der Waals surface area contributed by atoms with Crippen LogP contribution in [0.15, 0.2) is 59.9 Å².